The maximum absolute atomic E-state index is 12.6. The van der Waals surface area contributed by atoms with Gasteiger partial charge in [-0.3, -0.25) is 9.69 Å². The third-order valence-corrected chi connectivity index (χ3v) is 5.10. The van der Waals surface area contributed by atoms with Crippen LogP contribution in [0, 0.1) is 19.3 Å². The van der Waals surface area contributed by atoms with E-state index in [-0.39, 0.29) is 24.0 Å². The molecule has 0 aromatic heterocycles. The molecule has 1 aliphatic heterocycles. The topological polar surface area (TPSA) is 52.6 Å². The highest BCUT2D eigenvalue weighted by atomic mass is 35.5. The molecule has 5 heteroatoms. The Morgan fingerprint density at radius 3 is 2.78 bits per heavy atom. The molecule has 0 bridgehead atoms. The summed E-state index contributed by atoms with van der Waals surface area (Å²) in [6.07, 6.45) is 2.00. The number of anilines is 1. The molecular weight excluding hydrogens is 312 g/mol. The van der Waals surface area contributed by atoms with Crippen molar-refractivity contribution in [1.82, 2.24) is 4.90 Å². The number of rotatable bonds is 4. The van der Waals surface area contributed by atoms with Crippen LogP contribution in [0.15, 0.2) is 12.1 Å². The maximum atomic E-state index is 12.6. The van der Waals surface area contributed by atoms with Gasteiger partial charge in [0.15, 0.2) is 0 Å². The summed E-state index contributed by atoms with van der Waals surface area (Å²) in [6.45, 7) is 9.68. The van der Waals surface area contributed by atoms with Gasteiger partial charge in [-0.15, -0.1) is 0 Å². The van der Waals surface area contributed by atoms with E-state index in [0.717, 1.165) is 37.1 Å². The third kappa shape index (κ3) is 4.25. The lowest BCUT2D eigenvalue weighted by Gasteiger charge is -2.41. The Morgan fingerprint density at radius 2 is 2.17 bits per heavy atom. The summed E-state index contributed by atoms with van der Waals surface area (Å²) in [5.74, 6) is -0.0546. The number of aryl methyl sites for hydroxylation is 2. The van der Waals surface area contributed by atoms with E-state index in [2.05, 4.69) is 17.1 Å². The van der Waals surface area contributed by atoms with Crippen LogP contribution in [0.25, 0.3) is 0 Å². The highest BCUT2D eigenvalue weighted by Gasteiger charge is 2.34. The first-order chi connectivity index (χ1) is 10.8. The number of nitrogens with one attached hydrogen (secondary N) is 1. The number of aliphatic hydroxyl groups is 1. The number of nitrogens with zero attached hydrogens (tertiary/aromatic N) is 1. The second-order valence-corrected chi connectivity index (χ2v) is 7.55. The number of amides is 1. The molecule has 4 nitrogen and oxygen atoms in total. The zero-order chi connectivity index (χ0) is 17.2. The SMILES string of the molecule is Cc1cc(C)c(NC(=O)C(C)N2CCCC(C)(CO)C2)c(Cl)c1. The Hall–Kier alpha value is -1.10. The van der Waals surface area contributed by atoms with Crippen LogP contribution < -0.4 is 5.32 Å². The number of benzene rings is 1. The summed E-state index contributed by atoms with van der Waals surface area (Å²) in [5, 5.41) is 13.1. The predicted molar refractivity (Wildman–Crippen MR) is 95.0 cm³/mol. The molecule has 1 heterocycles. The van der Waals surface area contributed by atoms with Crippen LogP contribution in [-0.4, -0.2) is 41.7 Å². The number of hydrogen-bond donors (Lipinski definition) is 2. The maximum Gasteiger partial charge on any atom is 0.241 e. The van der Waals surface area contributed by atoms with Gasteiger partial charge in [0.25, 0.3) is 0 Å². The van der Waals surface area contributed by atoms with Crippen molar-refractivity contribution in [3.05, 3.63) is 28.3 Å². The minimum atomic E-state index is -0.252. The first-order valence-electron chi connectivity index (χ1n) is 8.18. The third-order valence-electron chi connectivity index (χ3n) is 4.80. The number of halogens is 1. The van der Waals surface area contributed by atoms with Gasteiger partial charge in [-0.1, -0.05) is 24.6 Å². The molecule has 0 saturated carbocycles. The van der Waals surface area contributed by atoms with Gasteiger partial charge in [0.1, 0.15) is 0 Å². The number of aliphatic hydroxyl groups excluding tert-OH is 1. The van der Waals surface area contributed by atoms with Crippen LogP contribution in [0.5, 0.6) is 0 Å². The first kappa shape index (κ1) is 18.2. The molecule has 1 fully saturated rings. The van der Waals surface area contributed by atoms with Crippen LogP contribution >= 0.6 is 11.6 Å². The minimum absolute atomic E-state index is 0.0546. The molecule has 1 saturated heterocycles. The van der Waals surface area contributed by atoms with Crippen molar-refractivity contribution in [3.63, 3.8) is 0 Å². The molecule has 1 amide bonds. The van der Waals surface area contributed by atoms with E-state index in [0.29, 0.717) is 10.7 Å². The van der Waals surface area contributed by atoms with E-state index in [4.69, 9.17) is 11.6 Å². The quantitative estimate of drug-likeness (QED) is 0.885. The smallest absolute Gasteiger partial charge is 0.241 e. The van der Waals surface area contributed by atoms with Gasteiger partial charge in [0, 0.05) is 18.6 Å². The molecule has 0 radical (unpaired) electrons. The number of likely N-dealkylation sites (tertiary alicyclic amines) is 1. The molecule has 1 aliphatic rings. The van der Waals surface area contributed by atoms with Gasteiger partial charge in [0.05, 0.1) is 16.8 Å². The molecule has 2 rings (SSSR count). The molecular formula is C18H27ClN2O2. The van der Waals surface area contributed by atoms with Crippen molar-refractivity contribution in [1.29, 1.82) is 0 Å². The normalized spacial score (nSPS) is 23.6. The largest absolute Gasteiger partial charge is 0.396 e. The zero-order valence-corrected chi connectivity index (χ0v) is 15.2. The molecule has 128 valence electrons. The van der Waals surface area contributed by atoms with Gasteiger partial charge in [-0.2, -0.15) is 0 Å². The second-order valence-electron chi connectivity index (χ2n) is 7.15. The Bertz CT molecular complexity index is 567. The standard InChI is InChI=1S/C18H27ClN2O2/c1-12-8-13(2)16(15(19)9-12)20-17(23)14(3)21-7-5-6-18(4,10-21)11-22/h8-9,14,22H,5-7,10-11H2,1-4H3,(H,20,23). The molecule has 0 aliphatic carbocycles. The van der Waals surface area contributed by atoms with Gasteiger partial charge in [0.2, 0.25) is 5.91 Å². The average Bonchev–Trinajstić information content (AvgIpc) is 2.50. The molecule has 2 unspecified atom stereocenters. The fourth-order valence-electron chi connectivity index (χ4n) is 3.28. The van der Waals surface area contributed by atoms with E-state index in [1.165, 1.54) is 0 Å². The monoisotopic (exact) mass is 338 g/mol. The van der Waals surface area contributed by atoms with Crippen molar-refractivity contribution in [2.24, 2.45) is 5.41 Å². The molecule has 2 N–H and O–H groups in total. The lowest BCUT2D eigenvalue weighted by molar-refractivity contribution is -0.122. The van der Waals surface area contributed by atoms with Crippen LogP contribution in [0.2, 0.25) is 5.02 Å². The summed E-state index contributed by atoms with van der Waals surface area (Å²) in [4.78, 5) is 14.8. The summed E-state index contributed by atoms with van der Waals surface area (Å²) in [7, 11) is 0. The Morgan fingerprint density at radius 1 is 1.48 bits per heavy atom. The lowest BCUT2D eigenvalue weighted by atomic mass is 9.82. The van der Waals surface area contributed by atoms with E-state index in [1.54, 1.807) is 0 Å². The second kappa shape index (κ2) is 7.20. The Balaban J connectivity index is 2.09. The number of piperidine rings is 1. The summed E-state index contributed by atoms with van der Waals surface area (Å²) in [6, 6.07) is 3.62. The number of carbonyl (C=O) groups excluding carboxylic acids is 1. The van der Waals surface area contributed by atoms with E-state index < -0.39 is 0 Å². The molecule has 23 heavy (non-hydrogen) atoms. The van der Waals surface area contributed by atoms with Crippen molar-refractivity contribution in [3.8, 4) is 0 Å². The van der Waals surface area contributed by atoms with Crippen LogP contribution in [-0.2, 0) is 4.79 Å². The van der Waals surface area contributed by atoms with Gasteiger partial charge in [-0.25, -0.2) is 0 Å². The zero-order valence-electron chi connectivity index (χ0n) is 14.4. The van der Waals surface area contributed by atoms with Crippen LogP contribution in [0.4, 0.5) is 5.69 Å². The summed E-state index contributed by atoms with van der Waals surface area (Å²) in [5.41, 5.74) is 2.61. The Labute approximate surface area is 143 Å². The minimum Gasteiger partial charge on any atom is -0.396 e. The fourth-order valence-corrected chi connectivity index (χ4v) is 3.65. The predicted octanol–water partition coefficient (Wildman–Crippen LogP) is 3.38. The highest BCUT2D eigenvalue weighted by molar-refractivity contribution is 6.34. The van der Waals surface area contributed by atoms with Crippen molar-refractivity contribution >= 4 is 23.2 Å². The van der Waals surface area contributed by atoms with Gasteiger partial charge >= 0.3 is 0 Å². The molecule has 1 aromatic rings. The molecule has 2 atom stereocenters. The van der Waals surface area contributed by atoms with E-state index in [9.17, 15) is 9.90 Å². The van der Waals surface area contributed by atoms with Crippen molar-refractivity contribution in [2.45, 2.75) is 46.6 Å². The average molecular weight is 339 g/mol. The van der Waals surface area contributed by atoms with Crippen molar-refractivity contribution < 1.29 is 9.90 Å². The van der Waals surface area contributed by atoms with Crippen LogP contribution in [0.1, 0.15) is 37.8 Å². The molecule has 0 spiro atoms. The van der Waals surface area contributed by atoms with Gasteiger partial charge < -0.3 is 10.4 Å². The highest BCUT2D eigenvalue weighted by Crippen LogP contribution is 2.31. The number of carbonyl (C=O) groups is 1. The number of hydrogen-bond acceptors (Lipinski definition) is 3. The summed E-state index contributed by atoms with van der Waals surface area (Å²) < 4.78 is 0. The first-order valence-corrected chi connectivity index (χ1v) is 8.56. The lowest BCUT2D eigenvalue weighted by Crippen LogP contribution is -2.51. The van der Waals surface area contributed by atoms with E-state index in [1.807, 2.05) is 32.9 Å². The van der Waals surface area contributed by atoms with Crippen molar-refractivity contribution in [2.75, 3.05) is 25.0 Å². The van der Waals surface area contributed by atoms with Crippen LogP contribution in [0.3, 0.4) is 0 Å². The van der Waals surface area contributed by atoms with E-state index >= 15 is 0 Å². The molecule has 1 aromatic carbocycles. The Kier molecular flexibility index (Phi) is 5.71. The fraction of sp³-hybridized carbons (Fsp3) is 0.611. The van der Waals surface area contributed by atoms with Gasteiger partial charge in [-0.05, 0) is 57.4 Å². The summed E-state index contributed by atoms with van der Waals surface area (Å²) >= 11 is 6.28.